The smallest absolute Gasteiger partial charge is 0.114 e. The summed E-state index contributed by atoms with van der Waals surface area (Å²) in [7, 11) is 0. The highest BCUT2D eigenvalue weighted by atomic mass is 35.5. The number of hydrogen-bond acceptors (Lipinski definition) is 3. The summed E-state index contributed by atoms with van der Waals surface area (Å²) in [5.74, 6) is 0. The molecule has 0 bridgehead atoms. The molecule has 4 heteroatoms. The molecule has 0 amide bonds. The Labute approximate surface area is 97.2 Å². The average Bonchev–Trinajstić information content (AvgIpc) is 2.65. The van der Waals surface area contributed by atoms with Crippen LogP contribution in [0.4, 0.5) is 0 Å². The minimum absolute atomic E-state index is 0.606. The van der Waals surface area contributed by atoms with Crippen molar-refractivity contribution in [2.24, 2.45) is 0 Å². The molecule has 0 saturated carbocycles. The molecule has 2 heterocycles. The molecular formula is C11H10ClNOS. The quantitative estimate of drug-likeness (QED) is 0.873. The van der Waals surface area contributed by atoms with Crippen molar-refractivity contribution in [2.75, 3.05) is 0 Å². The van der Waals surface area contributed by atoms with Crippen LogP contribution in [0, 0.1) is 6.92 Å². The van der Waals surface area contributed by atoms with E-state index in [1.165, 1.54) is 11.3 Å². The molecule has 15 heavy (non-hydrogen) atoms. The van der Waals surface area contributed by atoms with E-state index in [1.54, 1.807) is 18.5 Å². The predicted octanol–water partition coefficient (Wildman–Crippen LogP) is 3.19. The Hall–Kier alpha value is -0.900. The monoisotopic (exact) mass is 239 g/mol. The molecule has 2 rings (SSSR count). The van der Waals surface area contributed by atoms with Crippen molar-refractivity contribution in [1.82, 2.24) is 4.98 Å². The molecule has 2 nitrogen and oxygen atoms in total. The van der Waals surface area contributed by atoms with Gasteiger partial charge in [-0.1, -0.05) is 11.6 Å². The topological polar surface area (TPSA) is 33.1 Å². The van der Waals surface area contributed by atoms with Gasteiger partial charge in [-0.2, -0.15) is 0 Å². The van der Waals surface area contributed by atoms with E-state index in [1.807, 2.05) is 19.1 Å². The third-order valence-corrected chi connectivity index (χ3v) is 3.51. The van der Waals surface area contributed by atoms with Crippen LogP contribution in [0.3, 0.4) is 0 Å². The van der Waals surface area contributed by atoms with E-state index >= 15 is 0 Å². The third kappa shape index (κ3) is 2.20. The zero-order chi connectivity index (χ0) is 10.8. The van der Waals surface area contributed by atoms with Crippen molar-refractivity contribution in [1.29, 1.82) is 0 Å². The zero-order valence-electron chi connectivity index (χ0n) is 8.14. The first-order valence-electron chi connectivity index (χ1n) is 4.52. The summed E-state index contributed by atoms with van der Waals surface area (Å²) >= 11 is 7.22. The van der Waals surface area contributed by atoms with Crippen LogP contribution in [-0.2, 0) is 0 Å². The first kappa shape index (κ1) is 10.6. The predicted molar refractivity (Wildman–Crippen MR) is 62.4 cm³/mol. The van der Waals surface area contributed by atoms with Crippen LogP contribution in [0.5, 0.6) is 0 Å². The van der Waals surface area contributed by atoms with E-state index < -0.39 is 6.10 Å². The summed E-state index contributed by atoms with van der Waals surface area (Å²) in [4.78, 5) is 4.85. The molecule has 2 aromatic rings. The minimum Gasteiger partial charge on any atom is -0.383 e. The number of nitrogens with zero attached hydrogens (tertiary/aromatic N) is 1. The Morgan fingerprint density at radius 1 is 1.40 bits per heavy atom. The molecule has 0 radical (unpaired) electrons. The number of rotatable bonds is 2. The van der Waals surface area contributed by atoms with Gasteiger partial charge >= 0.3 is 0 Å². The van der Waals surface area contributed by atoms with Crippen molar-refractivity contribution in [3.05, 3.63) is 50.9 Å². The summed E-state index contributed by atoms with van der Waals surface area (Å²) in [5.41, 5.74) is 1.86. The molecule has 78 valence electrons. The summed E-state index contributed by atoms with van der Waals surface area (Å²) < 4.78 is 0.691. The molecular weight excluding hydrogens is 230 g/mol. The second-order valence-electron chi connectivity index (χ2n) is 3.28. The molecule has 0 aliphatic rings. The molecule has 0 aliphatic heterocycles. The fourth-order valence-electron chi connectivity index (χ4n) is 1.42. The minimum atomic E-state index is -0.606. The number of aliphatic hydroxyl groups is 1. The number of aryl methyl sites for hydroxylation is 1. The molecule has 1 N–H and O–H groups in total. The lowest BCUT2D eigenvalue weighted by atomic mass is 10.1. The van der Waals surface area contributed by atoms with Crippen LogP contribution >= 0.6 is 22.9 Å². The van der Waals surface area contributed by atoms with Crippen LogP contribution in [0.25, 0.3) is 0 Å². The highest BCUT2D eigenvalue weighted by Crippen LogP contribution is 2.31. The maximum absolute atomic E-state index is 10.1. The van der Waals surface area contributed by atoms with Crippen molar-refractivity contribution in [3.63, 3.8) is 0 Å². The van der Waals surface area contributed by atoms with Gasteiger partial charge < -0.3 is 5.11 Å². The second kappa shape index (κ2) is 4.31. The Morgan fingerprint density at radius 3 is 2.80 bits per heavy atom. The molecule has 0 aliphatic carbocycles. The lowest BCUT2D eigenvalue weighted by molar-refractivity contribution is 0.223. The second-order valence-corrected chi connectivity index (χ2v) is 5.02. The van der Waals surface area contributed by atoms with E-state index in [0.29, 0.717) is 4.34 Å². The van der Waals surface area contributed by atoms with Gasteiger partial charge in [0.05, 0.1) is 4.34 Å². The van der Waals surface area contributed by atoms with Gasteiger partial charge in [0, 0.05) is 17.3 Å². The summed E-state index contributed by atoms with van der Waals surface area (Å²) in [5, 5.41) is 10.1. The average molecular weight is 240 g/mol. The third-order valence-electron chi connectivity index (χ3n) is 2.22. The molecule has 0 aromatic carbocycles. The van der Waals surface area contributed by atoms with Crippen molar-refractivity contribution >= 4 is 22.9 Å². The number of aromatic nitrogens is 1. The number of halogens is 1. The Kier molecular flexibility index (Phi) is 3.05. The number of thiophene rings is 1. The molecule has 2 aromatic heterocycles. The molecule has 0 spiro atoms. The van der Waals surface area contributed by atoms with Gasteiger partial charge in [-0.05, 0) is 36.2 Å². The van der Waals surface area contributed by atoms with Crippen molar-refractivity contribution in [3.8, 4) is 0 Å². The highest BCUT2D eigenvalue weighted by Gasteiger charge is 2.14. The normalized spacial score (nSPS) is 12.7. The first-order valence-corrected chi connectivity index (χ1v) is 5.72. The number of hydrogen-bond donors (Lipinski definition) is 1. The van der Waals surface area contributed by atoms with E-state index in [2.05, 4.69) is 4.98 Å². The van der Waals surface area contributed by atoms with Crippen molar-refractivity contribution < 1.29 is 5.11 Å². The summed E-state index contributed by atoms with van der Waals surface area (Å²) in [6.07, 6.45) is 2.82. The van der Waals surface area contributed by atoms with Crippen molar-refractivity contribution in [2.45, 2.75) is 13.0 Å². The standard InChI is InChI=1S/C11H10ClNOS/c1-7-6-13-5-4-8(7)11(14)9-2-3-10(12)15-9/h2-6,11,14H,1H3. The zero-order valence-corrected chi connectivity index (χ0v) is 9.72. The van der Waals surface area contributed by atoms with E-state index in [4.69, 9.17) is 11.6 Å². The van der Waals surface area contributed by atoms with E-state index in [-0.39, 0.29) is 0 Å². The lowest BCUT2D eigenvalue weighted by Gasteiger charge is -2.10. The van der Waals surface area contributed by atoms with Gasteiger partial charge in [0.25, 0.3) is 0 Å². The maximum atomic E-state index is 10.1. The molecule has 0 fully saturated rings. The Bertz CT molecular complexity index is 469. The van der Waals surface area contributed by atoms with Crippen LogP contribution in [0.15, 0.2) is 30.6 Å². The first-order chi connectivity index (χ1) is 7.18. The van der Waals surface area contributed by atoms with Gasteiger partial charge in [0.15, 0.2) is 0 Å². The summed E-state index contributed by atoms with van der Waals surface area (Å²) in [6.45, 7) is 1.93. The van der Waals surface area contributed by atoms with Crippen LogP contribution in [-0.4, -0.2) is 10.1 Å². The van der Waals surface area contributed by atoms with Crippen LogP contribution in [0.2, 0.25) is 4.34 Å². The van der Waals surface area contributed by atoms with Gasteiger partial charge in [-0.25, -0.2) is 0 Å². The van der Waals surface area contributed by atoms with Gasteiger partial charge in [-0.3, -0.25) is 4.98 Å². The van der Waals surface area contributed by atoms with Crippen LogP contribution in [0.1, 0.15) is 22.1 Å². The highest BCUT2D eigenvalue weighted by molar-refractivity contribution is 7.16. The largest absolute Gasteiger partial charge is 0.383 e. The van der Waals surface area contributed by atoms with Crippen LogP contribution < -0.4 is 0 Å². The van der Waals surface area contributed by atoms with E-state index in [0.717, 1.165) is 16.0 Å². The molecule has 1 unspecified atom stereocenters. The SMILES string of the molecule is Cc1cnccc1C(O)c1ccc(Cl)s1. The fraction of sp³-hybridized carbons (Fsp3) is 0.182. The van der Waals surface area contributed by atoms with Gasteiger partial charge in [-0.15, -0.1) is 11.3 Å². The van der Waals surface area contributed by atoms with Gasteiger partial charge in [0.2, 0.25) is 0 Å². The maximum Gasteiger partial charge on any atom is 0.114 e. The van der Waals surface area contributed by atoms with E-state index in [9.17, 15) is 5.11 Å². The molecule has 0 saturated heterocycles. The number of aliphatic hydroxyl groups excluding tert-OH is 1. The van der Waals surface area contributed by atoms with Gasteiger partial charge in [0.1, 0.15) is 6.10 Å². The Morgan fingerprint density at radius 2 is 2.20 bits per heavy atom. The fourth-order valence-corrected chi connectivity index (χ4v) is 2.49. The summed E-state index contributed by atoms with van der Waals surface area (Å²) in [6, 6.07) is 5.46. The molecule has 1 atom stereocenters. The number of pyridine rings is 1. The Balaban J connectivity index is 2.36. The lowest BCUT2D eigenvalue weighted by Crippen LogP contribution is -1.99.